The van der Waals surface area contributed by atoms with Crippen molar-refractivity contribution < 1.29 is 9.47 Å². The Morgan fingerprint density at radius 2 is 1.09 bits per heavy atom. The minimum absolute atomic E-state index is 0.683. The van der Waals surface area contributed by atoms with Gasteiger partial charge in [-0.2, -0.15) is 0 Å². The van der Waals surface area contributed by atoms with Crippen molar-refractivity contribution in [1.82, 2.24) is 9.97 Å². The van der Waals surface area contributed by atoms with Crippen molar-refractivity contribution in [3.05, 3.63) is 104 Å². The van der Waals surface area contributed by atoms with Gasteiger partial charge in [0.1, 0.15) is 11.5 Å². The van der Waals surface area contributed by atoms with Crippen LogP contribution in [0.5, 0.6) is 11.5 Å². The third-order valence-electron chi connectivity index (χ3n) is 5.11. The molecular formula is C28H27N2O2. The molecular weight excluding hydrogens is 396 g/mol. The van der Waals surface area contributed by atoms with E-state index in [1.807, 2.05) is 48.8 Å². The van der Waals surface area contributed by atoms with Crippen LogP contribution in [0, 0.1) is 6.42 Å². The molecule has 0 saturated carbocycles. The second-order valence-electron chi connectivity index (χ2n) is 7.45. The van der Waals surface area contributed by atoms with Crippen molar-refractivity contribution in [3.63, 3.8) is 0 Å². The van der Waals surface area contributed by atoms with Crippen LogP contribution in [-0.2, 0) is 0 Å². The maximum atomic E-state index is 5.85. The van der Waals surface area contributed by atoms with Crippen LogP contribution in [0.1, 0.15) is 19.3 Å². The Labute approximate surface area is 189 Å². The number of nitrogens with zero attached hydrogens (tertiary/aromatic N) is 2. The molecule has 0 amide bonds. The van der Waals surface area contributed by atoms with E-state index in [1.165, 1.54) is 0 Å². The van der Waals surface area contributed by atoms with Crippen molar-refractivity contribution in [2.75, 3.05) is 13.2 Å². The first-order valence-corrected chi connectivity index (χ1v) is 11.0. The fourth-order valence-corrected chi connectivity index (χ4v) is 3.38. The molecule has 0 unspecified atom stereocenters. The van der Waals surface area contributed by atoms with Crippen LogP contribution in [0.15, 0.2) is 97.6 Å². The zero-order valence-corrected chi connectivity index (χ0v) is 18.1. The summed E-state index contributed by atoms with van der Waals surface area (Å²) in [6, 6.07) is 24.3. The Morgan fingerprint density at radius 1 is 0.562 bits per heavy atom. The molecule has 2 heterocycles. The van der Waals surface area contributed by atoms with Gasteiger partial charge in [0, 0.05) is 24.8 Å². The predicted molar refractivity (Wildman–Crippen MR) is 128 cm³/mol. The summed E-state index contributed by atoms with van der Waals surface area (Å²) >= 11 is 0. The van der Waals surface area contributed by atoms with Crippen molar-refractivity contribution in [2.24, 2.45) is 0 Å². The number of unbranched alkanes of at least 4 members (excludes halogenated alkanes) is 3. The number of hydrogen-bond acceptors (Lipinski definition) is 4. The van der Waals surface area contributed by atoms with Crippen molar-refractivity contribution >= 4 is 0 Å². The molecule has 4 aromatic rings. The van der Waals surface area contributed by atoms with E-state index in [4.69, 9.17) is 9.47 Å². The lowest BCUT2D eigenvalue weighted by atomic mass is 10.1. The molecule has 4 rings (SSSR count). The third kappa shape index (κ3) is 6.42. The van der Waals surface area contributed by atoms with Crippen LogP contribution in [0.4, 0.5) is 0 Å². The van der Waals surface area contributed by atoms with Gasteiger partial charge in [0.25, 0.3) is 0 Å². The van der Waals surface area contributed by atoms with Gasteiger partial charge in [0.2, 0.25) is 0 Å². The molecule has 0 spiro atoms. The number of pyridine rings is 2. The largest absolute Gasteiger partial charge is 0.494 e. The molecule has 2 aromatic carbocycles. The SMILES string of the molecule is [CH](CCCOc1ccc(-c2cccnc2)cc1)CCOc1ccc(-c2cccnc2)cc1. The van der Waals surface area contributed by atoms with Crippen LogP contribution in [0.3, 0.4) is 0 Å². The smallest absolute Gasteiger partial charge is 0.119 e. The Morgan fingerprint density at radius 3 is 1.59 bits per heavy atom. The number of aromatic nitrogens is 2. The van der Waals surface area contributed by atoms with Crippen LogP contribution >= 0.6 is 0 Å². The molecule has 0 aliphatic rings. The van der Waals surface area contributed by atoms with E-state index >= 15 is 0 Å². The van der Waals surface area contributed by atoms with Crippen LogP contribution in [-0.4, -0.2) is 23.2 Å². The average molecular weight is 424 g/mol. The zero-order valence-electron chi connectivity index (χ0n) is 18.1. The number of hydrogen-bond donors (Lipinski definition) is 0. The van der Waals surface area contributed by atoms with Crippen molar-refractivity contribution in [2.45, 2.75) is 19.3 Å². The van der Waals surface area contributed by atoms with E-state index in [9.17, 15) is 0 Å². The van der Waals surface area contributed by atoms with Crippen molar-refractivity contribution in [3.8, 4) is 33.8 Å². The normalized spacial score (nSPS) is 10.6. The maximum Gasteiger partial charge on any atom is 0.119 e. The molecule has 4 heteroatoms. The van der Waals surface area contributed by atoms with Gasteiger partial charge in [-0.3, -0.25) is 9.97 Å². The quantitative estimate of drug-likeness (QED) is 0.254. The average Bonchev–Trinajstić information content (AvgIpc) is 2.87. The van der Waals surface area contributed by atoms with Crippen LogP contribution < -0.4 is 9.47 Å². The molecule has 0 aliphatic heterocycles. The van der Waals surface area contributed by atoms with E-state index in [0.717, 1.165) is 53.0 Å². The molecule has 32 heavy (non-hydrogen) atoms. The molecule has 1 radical (unpaired) electrons. The maximum absolute atomic E-state index is 5.85. The van der Waals surface area contributed by atoms with Gasteiger partial charge >= 0.3 is 0 Å². The summed E-state index contributed by atoms with van der Waals surface area (Å²) in [5, 5.41) is 0. The fraction of sp³-hybridized carbons (Fsp3) is 0.179. The molecule has 0 fully saturated rings. The Kier molecular flexibility index (Phi) is 7.86. The summed E-state index contributed by atoms with van der Waals surface area (Å²) in [6.45, 7) is 1.39. The molecule has 4 nitrogen and oxygen atoms in total. The molecule has 0 bridgehead atoms. The van der Waals surface area contributed by atoms with Gasteiger partial charge in [0.05, 0.1) is 13.2 Å². The minimum Gasteiger partial charge on any atom is -0.494 e. The first-order valence-electron chi connectivity index (χ1n) is 11.0. The van der Waals surface area contributed by atoms with Gasteiger partial charge in [-0.15, -0.1) is 0 Å². The Hall–Kier alpha value is -3.66. The highest BCUT2D eigenvalue weighted by molar-refractivity contribution is 5.63. The third-order valence-corrected chi connectivity index (χ3v) is 5.11. The fourth-order valence-electron chi connectivity index (χ4n) is 3.38. The highest BCUT2D eigenvalue weighted by Crippen LogP contribution is 2.22. The zero-order chi connectivity index (χ0) is 21.8. The standard InChI is InChI=1S/C28H27N2O2/c1(3-19-31-27-13-9-23(10-14-27)25-7-5-17-29-21-25)2-4-20-32-28-15-11-24(12-16-28)26-8-6-18-30-22-26/h1,5-18,21-22H,2-4,19-20H2. The summed E-state index contributed by atoms with van der Waals surface area (Å²) < 4.78 is 11.7. The lowest BCUT2D eigenvalue weighted by molar-refractivity contribution is 0.302. The monoisotopic (exact) mass is 423 g/mol. The van der Waals surface area contributed by atoms with Gasteiger partial charge in [0.15, 0.2) is 0 Å². The van der Waals surface area contributed by atoms with E-state index in [1.54, 1.807) is 12.4 Å². The highest BCUT2D eigenvalue weighted by atomic mass is 16.5. The summed E-state index contributed by atoms with van der Waals surface area (Å²) in [6.07, 6.45) is 12.5. The minimum atomic E-state index is 0.683. The first kappa shape index (κ1) is 21.6. The lowest BCUT2D eigenvalue weighted by Crippen LogP contribution is -2.00. The summed E-state index contributed by atoms with van der Waals surface area (Å²) in [5.74, 6) is 1.79. The van der Waals surface area contributed by atoms with Crippen LogP contribution in [0.2, 0.25) is 0 Å². The number of benzene rings is 2. The number of ether oxygens (including phenoxy) is 2. The van der Waals surface area contributed by atoms with E-state index in [2.05, 4.69) is 52.8 Å². The second kappa shape index (κ2) is 11.7. The highest BCUT2D eigenvalue weighted by Gasteiger charge is 2.01. The topological polar surface area (TPSA) is 44.2 Å². The first-order chi connectivity index (χ1) is 15.9. The molecule has 161 valence electrons. The molecule has 0 aliphatic carbocycles. The van der Waals surface area contributed by atoms with Gasteiger partial charge < -0.3 is 9.47 Å². The molecule has 0 saturated heterocycles. The van der Waals surface area contributed by atoms with E-state index in [-0.39, 0.29) is 0 Å². The van der Waals surface area contributed by atoms with E-state index in [0.29, 0.717) is 13.2 Å². The van der Waals surface area contributed by atoms with Gasteiger partial charge in [-0.05, 0) is 84.3 Å². The van der Waals surface area contributed by atoms with E-state index < -0.39 is 0 Å². The summed E-state index contributed by atoms with van der Waals surface area (Å²) in [4.78, 5) is 8.32. The second-order valence-corrected chi connectivity index (χ2v) is 7.45. The van der Waals surface area contributed by atoms with Crippen molar-refractivity contribution in [1.29, 1.82) is 0 Å². The summed E-state index contributed by atoms with van der Waals surface area (Å²) in [5.41, 5.74) is 4.51. The Bertz CT molecular complexity index is 961. The summed E-state index contributed by atoms with van der Waals surface area (Å²) in [7, 11) is 0. The molecule has 0 atom stereocenters. The molecule has 0 N–H and O–H groups in total. The lowest BCUT2D eigenvalue weighted by Gasteiger charge is -2.08. The molecule has 2 aromatic heterocycles. The number of rotatable bonds is 11. The predicted octanol–water partition coefficient (Wildman–Crippen LogP) is 6.64. The van der Waals surface area contributed by atoms with Gasteiger partial charge in [-0.1, -0.05) is 36.4 Å². The van der Waals surface area contributed by atoms with Gasteiger partial charge in [-0.25, -0.2) is 0 Å². The Balaban J connectivity index is 1.08. The van der Waals surface area contributed by atoms with Crippen LogP contribution in [0.25, 0.3) is 22.3 Å².